The van der Waals surface area contributed by atoms with Crippen molar-refractivity contribution in [3.8, 4) is 22.8 Å². The van der Waals surface area contributed by atoms with Gasteiger partial charge in [0.2, 0.25) is 5.91 Å². The first-order valence-electron chi connectivity index (χ1n) is 8.60. The largest absolute Gasteiger partial charge is 0.457 e. The van der Waals surface area contributed by atoms with Crippen molar-refractivity contribution in [1.82, 2.24) is 4.98 Å². The zero-order chi connectivity index (χ0) is 20.3. The molecular weight excluding hydrogens is 354 g/mol. The van der Waals surface area contributed by atoms with Crippen LogP contribution in [0.5, 0.6) is 11.5 Å². The number of hydrogen-bond acceptors (Lipinski definition) is 6. The molecule has 2 aromatic carbocycles. The molecule has 0 saturated carbocycles. The number of nitrogen functional groups attached to an aromatic ring is 1. The lowest BCUT2D eigenvalue weighted by atomic mass is 10.0. The zero-order valence-corrected chi connectivity index (χ0v) is 15.6. The number of rotatable bonds is 6. The number of benzene rings is 2. The molecule has 1 aromatic heterocycles. The van der Waals surface area contributed by atoms with E-state index >= 15 is 0 Å². The van der Waals surface area contributed by atoms with Crippen LogP contribution >= 0.6 is 0 Å². The third-order valence-corrected chi connectivity index (χ3v) is 4.29. The standard InChI is InChI=1S/C21H21N5O2/c1-12-7-13(4-6-17(12)21(24)27)19-9-16(10-20(23)26-19)28-15-5-3-14(11-22)18(8-15)25-2/h3-11,22,25H,1-2H3,(H2,23,26)(H2,24,27). The number of nitrogens with two attached hydrogens (primary N) is 2. The van der Waals surface area contributed by atoms with E-state index in [9.17, 15) is 4.79 Å². The summed E-state index contributed by atoms with van der Waals surface area (Å²) in [7, 11) is 1.78. The van der Waals surface area contributed by atoms with E-state index < -0.39 is 5.91 Å². The summed E-state index contributed by atoms with van der Waals surface area (Å²) in [5, 5.41) is 10.5. The first-order chi connectivity index (χ1) is 13.4. The van der Waals surface area contributed by atoms with Gasteiger partial charge in [-0.2, -0.15) is 0 Å². The maximum atomic E-state index is 11.4. The first-order valence-corrected chi connectivity index (χ1v) is 8.60. The lowest BCUT2D eigenvalue weighted by Crippen LogP contribution is -2.12. The highest BCUT2D eigenvalue weighted by molar-refractivity contribution is 5.94. The van der Waals surface area contributed by atoms with E-state index in [4.69, 9.17) is 21.6 Å². The first kappa shape index (κ1) is 18.9. The van der Waals surface area contributed by atoms with E-state index in [1.807, 2.05) is 19.1 Å². The highest BCUT2D eigenvalue weighted by atomic mass is 16.5. The Morgan fingerprint density at radius 2 is 1.93 bits per heavy atom. The monoisotopic (exact) mass is 375 g/mol. The van der Waals surface area contributed by atoms with Gasteiger partial charge in [0, 0.05) is 53.8 Å². The molecule has 3 aromatic rings. The number of carbonyl (C=O) groups excluding carboxylic acids is 1. The van der Waals surface area contributed by atoms with Gasteiger partial charge in [-0.25, -0.2) is 4.98 Å². The van der Waals surface area contributed by atoms with E-state index in [0.717, 1.165) is 22.4 Å². The van der Waals surface area contributed by atoms with Gasteiger partial charge < -0.3 is 26.9 Å². The van der Waals surface area contributed by atoms with E-state index in [-0.39, 0.29) is 0 Å². The fraction of sp³-hybridized carbons (Fsp3) is 0.0952. The summed E-state index contributed by atoms with van der Waals surface area (Å²) in [6.07, 6.45) is 1.27. The third kappa shape index (κ3) is 3.93. The zero-order valence-electron chi connectivity index (χ0n) is 15.6. The summed E-state index contributed by atoms with van der Waals surface area (Å²) in [5.41, 5.74) is 15.5. The lowest BCUT2D eigenvalue weighted by Gasteiger charge is -2.12. The number of aromatic nitrogens is 1. The number of aryl methyl sites for hydroxylation is 1. The molecule has 0 fully saturated rings. The van der Waals surface area contributed by atoms with Gasteiger partial charge in [0.15, 0.2) is 0 Å². The molecule has 7 nitrogen and oxygen atoms in total. The molecule has 1 heterocycles. The number of ether oxygens (including phenoxy) is 1. The van der Waals surface area contributed by atoms with E-state index in [0.29, 0.717) is 28.6 Å². The molecule has 1 amide bonds. The summed E-state index contributed by atoms with van der Waals surface area (Å²) >= 11 is 0. The maximum absolute atomic E-state index is 11.4. The molecule has 0 aliphatic rings. The van der Waals surface area contributed by atoms with E-state index in [2.05, 4.69) is 10.3 Å². The van der Waals surface area contributed by atoms with Crippen LogP contribution in [-0.4, -0.2) is 24.2 Å². The number of anilines is 2. The van der Waals surface area contributed by atoms with Gasteiger partial charge in [-0.05, 0) is 36.8 Å². The molecule has 0 saturated heterocycles. The van der Waals surface area contributed by atoms with Gasteiger partial charge in [-0.3, -0.25) is 4.79 Å². The van der Waals surface area contributed by atoms with E-state index in [1.165, 1.54) is 6.21 Å². The molecule has 28 heavy (non-hydrogen) atoms. The average molecular weight is 375 g/mol. The van der Waals surface area contributed by atoms with Crippen LogP contribution in [0.4, 0.5) is 11.5 Å². The molecule has 0 spiro atoms. The highest BCUT2D eigenvalue weighted by Gasteiger charge is 2.10. The number of nitrogens with one attached hydrogen (secondary N) is 2. The quantitative estimate of drug-likeness (QED) is 0.490. The summed E-state index contributed by atoms with van der Waals surface area (Å²) in [6, 6.07) is 14.1. The number of primary amides is 1. The Balaban J connectivity index is 1.95. The van der Waals surface area contributed by atoms with Crippen molar-refractivity contribution in [2.75, 3.05) is 18.1 Å². The van der Waals surface area contributed by atoms with Crippen LogP contribution in [-0.2, 0) is 0 Å². The molecule has 0 radical (unpaired) electrons. The molecule has 0 atom stereocenters. The molecule has 6 N–H and O–H groups in total. The van der Waals surface area contributed by atoms with Crippen molar-refractivity contribution >= 4 is 23.6 Å². The third-order valence-electron chi connectivity index (χ3n) is 4.29. The Labute approximate surface area is 162 Å². The summed E-state index contributed by atoms with van der Waals surface area (Å²) < 4.78 is 5.95. The minimum absolute atomic E-state index is 0.314. The molecule has 0 aliphatic heterocycles. The molecule has 0 unspecified atom stereocenters. The predicted octanol–water partition coefficient (Wildman–Crippen LogP) is 3.57. The van der Waals surface area contributed by atoms with Gasteiger partial charge in [0.1, 0.15) is 17.3 Å². The van der Waals surface area contributed by atoms with Crippen molar-refractivity contribution in [2.24, 2.45) is 5.73 Å². The molecule has 3 rings (SSSR count). The van der Waals surface area contributed by atoms with Gasteiger partial charge in [0.05, 0.1) is 5.69 Å². The van der Waals surface area contributed by atoms with Crippen molar-refractivity contribution in [3.63, 3.8) is 0 Å². The van der Waals surface area contributed by atoms with Crippen LogP contribution in [0, 0.1) is 12.3 Å². The highest BCUT2D eigenvalue weighted by Crippen LogP contribution is 2.30. The summed E-state index contributed by atoms with van der Waals surface area (Å²) in [5.74, 6) is 0.979. The second-order valence-corrected chi connectivity index (χ2v) is 6.25. The van der Waals surface area contributed by atoms with Crippen LogP contribution in [0.1, 0.15) is 21.5 Å². The van der Waals surface area contributed by atoms with Crippen LogP contribution in [0.3, 0.4) is 0 Å². The molecule has 142 valence electrons. The second-order valence-electron chi connectivity index (χ2n) is 6.25. The van der Waals surface area contributed by atoms with Crippen LogP contribution < -0.4 is 21.5 Å². The lowest BCUT2D eigenvalue weighted by molar-refractivity contribution is 0.0999. The number of pyridine rings is 1. The number of amides is 1. The minimum atomic E-state index is -0.470. The predicted molar refractivity (Wildman–Crippen MR) is 111 cm³/mol. The number of nitrogens with zero attached hydrogens (tertiary/aromatic N) is 1. The van der Waals surface area contributed by atoms with Crippen molar-refractivity contribution < 1.29 is 9.53 Å². The minimum Gasteiger partial charge on any atom is -0.457 e. The Bertz CT molecular complexity index is 1060. The second kappa shape index (κ2) is 7.79. The van der Waals surface area contributed by atoms with Crippen molar-refractivity contribution in [3.05, 3.63) is 65.2 Å². The molecule has 7 heteroatoms. The van der Waals surface area contributed by atoms with Crippen LogP contribution in [0.25, 0.3) is 11.3 Å². The maximum Gasteiger partial charge on any atom is 0.248 e. The van der Waals surface area contributed by atoms with E-state index in [1.54, 1.807) is 43.4 Å². The summed E-state index contributed by atoms with van der Waals surface area (Å²) in [4.78, 5) is 15.8. The number of hydrogen-bond donors (Lipinski definition) is 4. The Kier molecular flexibility index (Phi) is 5.26. The van der Waals surface area contributed by atoms with Crippen molar-refractivity contribution in [2.45, 2.75) is 6.92 Å². The van der Waals surface area contributed by atoms with Gasteiger partial charge in [-0.15, -0.1) is 0 Å². The SMILES string of the molecule is CNc1cc(Oc2cc(N)nc(-c3ccc(C(N)=O)c(C)c3)c2)ccc1C=N. The average Bonchev–Trinajstić information content (AvgIpc) is 2.67. The van der Waals surface area contributed by atoms with Crippen LogP contribution in [0.15, 0.2) is 48.5 Å². The molecule has 0 bridgehead atoms. The van der Waals surface area contributed by atoms with Gasteiger partial charge in [0.25, 0.3) is 0 Å². The number of carbonyl (C=O) groups is 1. The molecule has 0 aliphatic carbocycles. The van der Waals surface area contributed by atoms with Crippen molar-refractivity contribution in [1.29, 1.82) is 5.41 Å². The Morgan fingerprint density at radius 1 is 1.14 bits per heavy atom. The smallest absolute Gasteiger partial charge is 0.248 e. The Morgan fingerprint density at radius 3 is 2.57 bits per heavy atom. The fourth-order valence-corrected chi connectivity index (χ4v) is 2.91. The van der Waals surface area contributed by atoms with Gasteiger partial charge in [-0.1, -0.05) is 6.07 Å². The Hall–Kier alpha value is -3.87. The fourth-order valence-electron chi connectivity index (χ4n) is 2.91. The summed E-state index contributed by atoms with van der Waals surface area (Å²) in [6.45, 7) is 1.82. The van der Waals surface area contributed by atoms with Gasteiger partial charge >= 0.3 is 0 Å². The molecular formula is C21H21N5O2. The topological polar surface area (TPSA) is 127 Å². The normalized spacial score (nSPS) is 10.4. The van der Waals surface area contributed by atoms with Crippen LogP contribution in [0.2, 0.25) is 0 Å².